The third-order valence-electron chi connectivity index (χ3n) is 3.05. The second-order valence-electron chi connectivity index (χ2n) is 4.51. The monoisotopic (exact) mass is 292 g/mol. The molecule has 0 bridgehead atoms. The van der Waals surface area contributed by atoms with E-state index >= 15 is 0 Å². The number of carboxylic acids is 1. The van der Waals surface area contributed by atoms with E-state index in [0.717, 1.165) is 0 Å². The lowest BCUT2D eigenvalue weighted by Gasteiger charge is -2.14. The van der Waals surface area contributed by atoms with Gasteiger partial charge in [0.05, 0.1) is 12.5 Å². The minimum Gasteiger partial charge on any atom is -0.493 e. The molecule has 1 atom stereocenters. The normalized spacial score (nSPS) is 11.9. The zero-order chi connectivity index (χ0) is 15.2. The minimum atomic E-state index is -1.12. The highest BCUT2D eigenvalue weighted by atomic mass is 19.1. The highest BCUT2D eigenvalue weighted by molar-refractivity contribution is 5.76. The maximum atomic E-state index is 13.6. The molecule has 2 aromatic carbocycles. The summed E-state index contributed by atoms with van der Waals surface area (Å²) in [6.45, 7) is 0.0504. The second kappa shape index (κ2) is 6.83. The first-order valence-electron chi connectivity index (χ1n) is 6.43. The van der Waals surface area contributed by atoms with E-state index in [9.17, 15) is 18.7 Å². The van der Waals surface area contributed by atoms with E-state index in [0.29, 0.717) is 5.75 Å². The summed E-state index contributed by atoms with van der Waals surface area (Å²) in [5.74, 6) is -2.80. The van der Waals surface area contributed by atoms with Crippen LogP contribution in [0.2, 0.25) is 0 Å². The lowest BCUT2D eigenvalue weighted by molar-refractivity contribution is -0.139. The first-order chi connectivity index (χ1) is 10.1. The summed E-state index contributed by atoms with van der Waals surface area (Å²) >= 11 is 0. The molecule has 0 heterocycles. The van der Waals surface area contributed by atoms with Crippen LogP contribution in [0.1, 0.15) is 17.9 Å². The van der Waals surface area contributed by atoms with E-state index in [-0.39, 0.29) is 18.6 Å². The molecule has 0 aliphatic carbocycles. The Morgan fingerprint density at radius 2 is 1.90 bits per heavy atom. The van der Waals surface area contributed by atoms with Gasteiger partial charge in [-0.05, 0) is 24.6 Å². The van der Waals surface area contributed by atoms with Crippen LogP contribution in [0.4, 0.5) is 8.78 Å². The third-order valence-corrected chi connectivity index (χ3v) is 3.05. The zero-order valence-electron chi connectivity index (χ0n) is 11.1. The Labute approximate surface area is 120 Å². The van der Waals surface area contributed by atoms with Crippen LogP contribution in [0.3, 0.4) is 0 Å². The number of carbonyl (C=O) groups is 1. The van der Waals surface area contributed by atoms with Crippen molar-refractivity contribution in [2.45, 2.75) is 12.3 Å². The topological polar surface area (TPSA) is 46.5 Å². The van der Waals surface area contributed by atoms with E-state index in [1.165, 1.54) is 36.4 Å². The number of halogens is 2. The molecule has 0 saturated heterocycles. The van der Waals surface area contributed by atoms with Crippen LogP contribution in [0.15, 0.2) is 48.5 Å². The quantitative estimate of drug-likeness (QED) is 0.884. The van der Waals surface area contributed by atoms with E-state index in [1.807, 2.05) is 0 Å². The second-order valence-corrected chi connectivity index (χ2v) is 4.51. The molecule has 110 valence electrons. The fourth-order valence-corrected chi connectivity index (χ4v) is 2.02. The van der Waals surface area contributed by atoms with Crippen molar-refractivity contribution in [3.63, 3.8) is 0 Å². The number of carboxylic acid groups (broad SMARTS) is 1. The molecular formula is C16H14F2O3. The van der Waals surface area contributed by atoms with Gasteiger partial charge in [-0.25, -0.2) is 8.78 Å². The summed E-state index contributed by atoms with van der Waals surface area (Å²) in [6, 6.07) is 11.3. The molecule has 0 saturated carbocycles. The highest BCUT2D eigenvalue weighted by Crippen LogP contribution is 2.23. The lowest BCUT2D eigenvalue weighted by Crippen LogP contribution is -2.16. The highest BCUT2D eigenvalue weighted by Gasteiger charge is 2.22. The van der Waals surface area contributed by atoms with Gasteiger partial charge < -0.3 is 9.84 Å². The average Bonchev–Trinajstić information content (AvgIpc) is 2.44. The summed E-state index contributed by atoms with van der Waals surface area (Å²) in [5.41, 5.74) is 0.118. The Morgan fingerprint density at radius 1 is 1.14 bits per heavy atom. The summed E-state index contributed by atoms with van der Waals surface area (Å²) in [6.07, 6.45) is 0.0901. The van der Waals surface area contributed by atoms with Crippen LogP contribution in [-0.2, 0) is 4.79 Å². The molecule has 21 heavy (non-hydrogen) atoms. The van der Waals surface area contributed by atoms with Gasteiger partial charge in [0.1, 0.15) is 17.4 Å². The van der Waals surface area contributed by atoms with Gasteiger partial charge in [0.15, 0.2) is 0 Å². The first-order valence-corrected chi connectivity index (χ1v) is 6.43. The van der Waals surface area contributed by atoms with Crippen molar-refractivity contribution in [2.24, 2.45) is 0 Å². The lowest BCUT2D eigenvalue weighted by atomic mass is 9.96. The van der Waals surface area contributed by atoms with Gasteiger partial charge in [-0.3, -0.25) is 4.79 Å². The molecule has 1 unspecified atom stereocenters. The van der Waals surface area contributed by atoms with Gasteiger partial charge in [0.2, 0.25) is 0 Å². The molecule has 0 aliphatic rings. The number of hydrogen-bond acceptors (Lipinski definition) is 2. The molecule has 0 spiro atoms. The number of benzene rings is 2. The van der Waals surface area contributed by atoms with Crippen molar-refractivity contribution in [1.29, 1.82) is 0 Å². The number of ether oxygens (including phenoxy) is 1. The smallest absolute Gasteiger partial charge is 0.311 e. The van der Waals surface area contributed by atoms with Gasteiger partial charge in [-0.15, -0.1) is 0 Å². The Balaban J connectivity index is 2.02. The van der Waals surface area contributed by atoms with Gasteiger partial charge in [0.25, 0.3) is 0 Å². The Morgan fingerprint density at radius 3 is 2.57 bits per heavy atom. The summed E-state index contributed by atoms with van der Waals surface area (Å²) < 4.78 is 31.9. The Kier molecular flexibility index (Phi) is 4.87. The average molecular weight is 292 g/mol. The fraction of sp³-hybridized carbons (Fsp3) is 0.188. The third kappa shape index (κ3) is 4.02. The molecule has 2 aromatic rings. The maximum Gasteiger partial charge on any atom is 0.311 e. The fourth-order valence-electron chi connectivity index (χ4n) is 2.02. The summed E-state index contributed by atoms with van der Waals surface area (Å²) in [4.78, 5) is 11.3. The van der Waals surface area contributed by atoms with Crippen LogP contribution >= 0.6 is 0 Å². The molecule has 5 heteroatoms. The van der Waals surface area contributed by atoms with Crippen LogP contribution in [0.25, 0.3) is 0 Å². The standard InChI is InChI=1S/C16H14F2O3/c17-11-4-3-5-12(10-11)21-9-8-14(16(19)20)13-6-1-2-7-15(13)18/h1-7,10,14H,8-9H2,(H,19,20). The maximum absolute atomic E-state index is 13.6. The molecule has 3 nitrogen and oxygen atoms in total. The Hall–Kier alpha value is -2.43. The van der Waals surface area contributed by atoms with Crippen LogP contribution in [0.5, 0.6) is 5.75 Å². The Bertz CT molecular complexity index is 628. The molecule has 0 amide bonds. The molecule has 0 fully saturated rings. The molecule has 2 rings (SSSR count). The molecule has 0 aromatic heterocycles. The van der Waals surface area contributed by atoms with Crippen molar-refractivity contribution in [3.05, 3.63) is 65.7 Å². The number of rotatable bonds is 6. The van der Waals surface area contributed by atoms with Crippen LogP contribution in [0, 0.1) is 11.6 Å². The van der Waals surface area contributed by atoms with Crippen LogP contribution in [-0.4, -0.2) is 17.7 Å². The zero-order valence-corrected chi connectivity index (χ0v) is 11.1. The molecule has 0 radical (unpaired) electrons. The predicted molar refractivity (Wildman–Crippen MR) is 73.3 cm³/mol. The number of aliphatic carboxylic acids is 1. The molecule has 0 aliphatic heterocycles. The number of hydrogen-bond donors (Lipinski definition) is 1. The van der Waals surface area contributed by atoms with Gasteiger partial charge in [-0.2, -0.15) is 0 Å². The van der Waals surface area contributed by atoms with Crippen molar-refractivity contribution < 1.29 is 23.4 Å². The molecule has 1 N–H and O–H groups in total. The van der Waals surface area contributed by atoms with E-state index < -0.39 is 23.5 Å². The largest absolute Gasteiger partial charge is 0.493 e. The van der Waals surface area contributed by atoms with Gasteiger partial charge in [0, 0.05) is 11.6 Å². The van der Waals surface area contributed by atoms with Crippen LogP contribution < -0.4 is 4.74 Å². The minimum absolute atomic E-state index is 0.0504. The van der Waals surface area contributed by atoms with E-state index in [4.69, 9.17) is 4.74 Å². The predicted octanol–water partition coefficient (Wildman–Crippen LogP) is 3.60. The van der Waals surface area contributed by atoms with Crippen molar-refractivity contribution >= 4 is 5.97 Å². The van der Waals surface area contributed by atoms with Crippen molar-refractivity contribution in [1.82, 2.24) is 0 Å². The van der Waals surface area contributed by atoms with Crippen molar-refractivity contribution in [3.8, 4) is 5.75 Å². The SMILES string of the molecule is O=C(O)C(CCOc1cccc(F)c1)c1ccccc1F. The van der Waals surface area contributed by atoms with E-state index in [2.05, 4.69) is 0 Å². The van der Waals surface area contributed by atoms with Crippen molar-refractivity contribution in [2.75, 3.05) is 6.61 Å². The summed E-state index contributed by atoms with van der Waals surface area (Å²) in [5, 5.41) is 9.21. The van der Waals surface area contributed by atoms with Gasteiger partial charge in [-0.1, -0.05) is 24.3 Å². The summed E-state index contributed by atoms with van der Waals surface area (Å²) in [7, 11) is 0. The molecular weight excluding hydrogens is 278 g/mol. The van der Waals surface area contributed by atoms with Gasteiger partial charge >= 0.3 is 5.97 Å². The van der Waals surface area contributed by atoms with E-state index in [1.54, 1.807) is 12.1 Å². The first kappa shape index (κ1) is 15.0.